The van der Waals surface area contributed by atoms with E-state index in [1.807, 2.05) is 24.3 Å². The molecule has 0 bridgehead atoms. The molecule has 21 heavy (non-hydrogen) atoms. The summed E-state index contributed by atoms with van der Waals surface area (Å²) in [4.78, 5) is 13.8. The van der Waals surface area contributed by atoms with E-state index >= 15 is 0 Å². The van der Waals surface area contributed by atoms with Gasteiger partial charge in [-0.1, -0.05) is 32.0 Å². The highest BCUT2D eigenvalue weighted by molar-refractivity contribution is 5.95. The summed E-state index contributed by atoms with van der Waals surface area (Å²) in [5, 5.41) is 10.3. The third-order valence-corrected chi connectivity index (χ3v) is 4.22. The second-order valence-corrected chi connectivity index (χ2v) is 6.35. The molecule has 1 aromatic heterocycles. The van der Waals surface area contributed by atoms with Crippen LogP contribution in [-0.2, 0) is 6.54 Å². The zero-order valence-electron chi connectivity index (χ0n) is 12.5. The molecule has 1 aromatic carbocycles. The Morgan fingerprint density at radius 3 is 2.62 bits per heavy atom. The molecule has 1 aliphatic heterocycles. The number of piperidine rings is 1. The lowest BCUT2D eigenvalue weighted by Crippen LogP contribution is -2.38. The van der Waals surface area contributed by atoms with Gasteiger partial charge < -0.3 is 9.52 Å². The van der Waals surface area contributed by atoms with Crippen molar-refractivity contribution in [1.82, 2.24) is 4.90 Å². The maximum Gasteiger partial charge on any atom is 0.372 e. The van der Waals surface area contributed by atoms with Gasteiger partial charge in [0.2, 0.25) is 5.76 Å². The smallest absolute Gasteiger partial charge is 0.372 e. The minimum atomic E-state index is -0.987. The largest absolute Gasteiger partial charge is 0.475 e. The van der Waals surface area contributed by atoms with Crippen molar-refractivity contribution in [2.75, 3.05) is 13.1 Å². The van der Waals surface area contributed by atoms with Crippen molar-refractivity contribution in [3.63, 3.8) is 0 Å². The first-order valence-electron chi connectivity index (χ1n) is 7.50. The third kappa shape index (κ3) is 2.81. The molecule has 0 aliphatic carbocycles. The standard InChI is InChI=1S/C17H21NO3/c1-11-7-12(2)9-18(8-11)10-14-13-5-3-4-6-15(13)21-16(14)17(19)20/h3-6,11-12H,7-10H2,1-2H3,(H,19,20). The first-order valence-corrected chi connectivity index (χ1v) is 7.50. The lowest BCUT2D eigenvalue weighted by Gasteiger charge is -2.34. The van der Waals surface area contributed by atoms with E-state index in [0.717, 1.165) is 24.0 Å². The number of fused-ring (bicyclic) bond motifs is 1. The van der Waals surface area contributed by atoms with E-state index in [9.17, 15) is 9.90 Å². The lowest BCUT2D eigenvalue weighted by molar-refractivity contribution is 0.0659. The van der Waals surface area contributed by atoms with Gasteiger partial charge in [0.1, 0.15) is 5.58 Å². The summed E-state index contributed by atoms with van der Waals surface area (Å²) in [6, 6.07) is 7.56. The quantitative estimate of drug-likeness (QED) is 0.937. The van der Waals surface area contributed by atoms with Crippen molar-refractivity contribution >= 4 is 16.9 Å². The van der Waals surface area contributed by atoms with E-state index in [2.05, 4.69) is 18.7 Å². The molecule has 1 N–H and O–H groups in total. The van der Waals surface area contributed by atoms with Crippen molar-refractivity contribution < 1.29 is 14.3 Å². The number of rotatable bonds is 3. The number of carboxylic acid groups (broad SMARTS) is 1. The summed E-state index contributed by atoms with van der Waals surface area (Å²) >= 11 is 0. The van der Waals surface area contributed by atoms with Gasteiger partial charge in [0.15, 0.2) is 0 Å². The number of benzene rings is 1. The molecule has 0 radical (unpaired) electrons. The highest BCUT2D eigenvalue weighted by Crippen LogP contribution is 2.29. The molecule has 2 heterocycles. The van der Waals surface area contributed by atoms with Crippen LogP contribution in [0.25, 0.3) is 11.0 Å². The van der Waals surface area contributed by atoms with Gasteiger partial charge in [0.05, 0.1) is 0 Å². The van der Waals surface area contributed by atoms with Crippen LogP contribution >= 0.6 is 0 Å². The summed E-state index contributed by atoms with van der Waals surface area (Å²) in [6.45, 7) is 7.20. The van der Waals surface area contributed by atoms with Crippen molar-refractivity contribution in [3.8, 4) is 0 Å². The van der Waals surface area contributed by atoms with Crippen LogP contribution in [0.2, 0.25) is 0 Å². The van der Waals surface area contributed by atoms with Crippen LogP contribution in [0.3, 0.4) is 0 Å². The van der Waals surface area contributed by atoms with Crippen LogP contribution < -0.4 is 0 Å². The van der Waals surface area contributed by atoms with E-state index in [-0.39, 0.29) is 5.76 Å². The van der Waals surface area contributed by atoms with Gasteiger partial charge in [-0.15, -0.1) is 0 Å². The normalized spacial score (nSPS) is 23.5. The average molecular weight is 287 g/mol. The fourth-order valence-corrected chi connectivity index (χ4v) is 3.57. The second kappa shape index (κ2) is 5.53. The van der Waals surface area contributed by atoms with E-state index in [4.69, 9.17) is 4.42 Å². The summed E-state index contributed by atoms with van der Waals surface area (Å²) in [6.07, 6.45) is 1.24. The van der Waals surface area contributed by atoms with Crippen LogP contribution in [0.15, 0.2) is 28.7 Å². The highest BCUT2D eigenvalue weighted by atomic mass is 16.4. The van der Waals surface area contributed by atoms with Gasteiger partial charge in [-0.25, -0.2) is 4.79 Å². The number of furan rings is 1. The zero-order chi connectivity index (χ0) is 15.0. The second-order valence-electron chi connectivity index (χ2n) is 6.35. The molecular formula is C17H21NO3. The molecule has 0 amide bonds. The number of carboxylic acids is 1. The molecule has 4 nitrogen and oxygen atoms in total. The van der Waals surface area contributed by atoms with Crippen molar-refractivity contribution in [3.05, 3.63) is 35.6 Å². The molecule has 3 rings (SSSR count). The fraction of sp³-hybridized carbons (Fsp3) is 0.471. The summed E-state index contributed by atoms with van der Waals surface area (Å²) in [5.74, 6) is 0.404. The first-order chi connectivity index (χ1) is 10.0. The van der Waals surface area contributed by atoms with Gasteiger partial charge in [0.25, 0.3) is 0 Å². The zero-order valence-corrected chi connectivity index (χ0v) is 12.5. The molecule has 1 saturated heterocycles. The van der Waals surface area contributed by atoms with E-state index in [1.165, 1.54) is 6.42 Å². The Bertz CT molecular complexity index is 651. The Morgan fingerprint density at radius 1 is 1.29 bits per heavy atom. The molecule has 112 valence electrons. The van der Waals surface area contributed by atoms with Crippen LogP contribution in [0.1, 0.15) is 36.4 Å². The Hall–Kier alpha value is -1.81. The van der Waals surface area contributed by atoms with Crippen LogP contribution in [0.4, 0.5) is 0 Å². The number of hydrogen-bond acceptors (Lipinski definition) is 3. The summed E-state index contributed by atoms with van der Waals surface area (Å²) in [7, 11) is 0. The minimum absolute atomic E-state index is 0.0853. The van der Waals surface area contributed by atoms with Crippen LogP contribution in [0, 0.1) is 11.8 Å². The third-order valence-electron chi connectivity index (χ3n) is 4.22. The van der Waals surface area contributed by atoms with E-state index in [1.54, 1.807) is 0 Å². The van der Waals surface area contributed by atoms with Gasteiger partial charge in [-0.2, -0.15) is 0 Å². The summed E-state index contributed by atoms with van der Waals surface area (Å²) in [5.41, 5.74) is 1.46. The Kier molecular flexibility index (Phi) is 3.72. The number of nitrogens with zero attached hydrogens (tertiary/aromatic N) is 1. The van der Waals surface area contributed by atoms with Crippen LogP contribution in [-0.4, -0.2) is 29.1 Å². The number of hydrogen-bond donors (Lipinski definition) is 1. The minimum Gasteiger partial charge on any atom is -0.475 e. The topological polar surface area (TPSA) is 53.7 Å². The Morgan fingerprint density at radius 2 is 1.95 bits per heavy atom. The van der Waals surface area contributed by atoms with Gasteiger partial charge in [0, 0.05) is 30.6 Å². The lowest BCUT2D eigenvalue weighted by atomic mass is 9.91. The molecule has 1 aliphatic rings. The molecule has 4 heteroatoms. The fourth-order valence-electron chi connectivity index (χ4n) is 3.57. The monoisotopic (exact) mass is 287 g/mol. The maximum absolute atomic E-state index is 11.4. The van der Waals surface area contributed by atoms with Crippen molar-refractivity contribution in [1.29, 1.82) is 0 Å². The average Bonchev–Trinajstić information content (AvgIpc) is 2.77. The predicted molar refractivity (Wildman–Crippen MR) is 81.4 cm³/mol. The molecular weight excluding hydrogens is 266 g/mol. The van der Waals surface area contributed by atoms with E-state index < -0.39 is 5.97 Å². The van der Waals surface area contributed by atoms with E-state index in [0.29, 0.717) is 24.0 Å². The van der Waals surface area contributed by atoms with Crippen molar-refractivity contribution in [2.45, 2.75) is 26.8 Å². The van der Waals surface area contributed by atoms with Gasteiger partial charge in [-0.05, 0) is 24.3 Å². The SMILES string of the molecule is CC1CC(C)CN(Cc2c(C(=O)O)oc3ccccc23)C1. The molecule has 1 fully saturated rings. The molecule has 0 saturated carbocycles. The van der Waals surface area contributed by atoms with Crippen LogP contribution in [0.5, 0.6) is 0 Å². The van der Waals surface area contributed by atoms with Gasteiger partial charge >= 0.3 is 5.97 Å². The number of aromatic carboxylic acids is 1. The molecule has 2 atom stereocenters. The Labute approximate surface area is 124 Å². The molecule has 2 unspecified atom stereocenters. The predicted octanol–water partition coefficient (Wildman–Crippen LogP) is 3.61. The maximum atomic E-state index is 11.4. The Balaban J connectivity index is 1.95. The van der Waals surface area contributed by atoms with Gasteiger partial charge in [-0.3, -0.25) is 4.90 Å². The van der Waals surface area contributed by atoms with Crippen molar-refractivity contribution in [2.24, 2.45) is 11.8 Å². The summed E-state index contributed by atoms with van der Waals surface area (Å²) < 4.78 is 5.53. The number of para-hydroxylation sites is 1. The molecule has 0 spiro atoms. The first kappa shape index (κ1) is 14.1. The highest BCUT2D eigenvalue weighted by Gasteiger charge is 2.26. The number of likely N-dealkylation sites (tertiary alicyclic amines) is 1. The number of carbonyl (C=O) groups is 1. The molecule has 2 aromatic rings.